The van der Waals surface area contributed by atoms with Crippen LogP contribution in [0.3, 0.4) is 0 Å². The Morgan fingerprint density at radius 1 is 1.04 bits per heavy atom. The van der Waals surface area contributed by atoms with Gasteiger partial charge in [0.25, 0.3) is 0 Å². The third-order valence-corrected chi connectivity index (χ3v) is 4.13. The Balaban J connectivity index is 2.40. The molecule has 0 fully saturated rings. The lowest BCUT2D eigenvalue weighted by Crippen LogP contribution is -2.33. The number of hydrogen-bond acceptors (Lipinski definition) is 8. The van der Waals surface area contributed by atoms with Crippen LogP contribution in [0.15, 0.2) is 11.8 Å². The van der Waals surface area contributed by atoms with Gasteiger partial charge in [0, 0.05) is 18.7 Å². The van der Waals surface area contributed by atoms with Crippen LogP contribution >= 0.6 is 0 Å². The van der Waals surface area contributed by atoms with Gasteiger partial charge in [-0.2, -0.15) is 0 Å². The standard InChI is InChI=1S/C16H14O8/c1-5-15(23-3)10-11(16(21)24-5)13(19)8-6(17)4-7(22-2)12(18)9(8)14(10)20/h4-5,15,19-20H,1-3H3/t5-,15-/m0/s1. The summed E-state index contributed by atoms with van der Waals surface area (Å²) in [6, 6.07) is 0. The van der Waals surface area contributed by atoms with E-state index in [0.29, 0.717) is 0 Å². The number of cyclic esters (lactones) is 1. The maximum atomic E-state index is 12.4. The van der Waals surface area contributed by atoms with Gasteiger partial charge >= 0.3 is 5.97 Å². The van der Waals surface area contributed by atoms with Crippen molar-refractivity contribution in [1.82, 2.24) is 0 Å². The zero-order chi connectivity index (χ0) is 17.8. The van der Waals surface area contributed by atoms with E-state index in [2.05, 4.69) is 0 Å². The summed E-state index contributed by atoms with van der Waals surface area (Å²) >= 11 is 0. The lowest BCUT2D eigenvalue weighted by molar-refractivity contribution is -0.0403. The van der Waals surface area contributed by atoms with Gasteiger partial charge in [0.2, 0.25) is 5.78 Å². The fraction of sp³-hybridized carbons (Fsp3) is 0.312. The van der Waals surface area contributed by atoms with Gasteiger partial charge in [-0.1, -0.05) is 0 Å². The molecule has 0 unspecified atom stereocenters. The van der Waals surface area contributed by atoms with E-state index < -0.39 is 52.4 Å². The molecule has 1 aromatic carbocycles. The van der Waals surface area contributed by atoms with Crippen LogP contribution in [0.5, 0.6) is 11.5 Å². The molecule has 2 atom stereocenters. The molecule has 0 aromatic heterocycles. The van der Waals surface area contributed by atoms with Crippen molar-refractivity contribution in [1.29, 1.82) is 0 Å². The Hall–Kier alpha value is -2.87. The lowest BCUT2D eigenvalue weighted by atomic mass is 9.83. The number of methoxy groups -OCH3 is 2. The van der Waals surface area contributed by atoms with Gasteiger partial charge in [-0.3, -0.25) is 9.59 Å². The van der Waals surface area contributed by atoms with Crippen molar-refractivity contribution in [2.75, 3.05) is 14.2 Å². The summed E-state index contributed by atoms with van der Waals surface area (Å²) in [5.41, 5.74) is -1.35. The van der Waals surface area contributed by atoms with Crippen molar-refractivity contribution < 1.29 is 38.8 Å². The highest BCUT2D eigenvalue weighted by Crippen LogP contribution is 2.47. The van der Waals surface area contributed by atoms with Crippen LogP contribution in [0.4, 0.5) is 0 Å². The number of esters is 1. The zero-order valence-electron chi connectivity index (χ0n) is 13.1. The predicted octanol–water partition coefficient (Wildman–Crippen LogP) is 1.25. The minimum Gasteiger partial charge on any atom is -0.507 e. The number of rotatable bonds is 2. The molecule has 1 aliphatic carbocycles. The number of allylic oxidation sites excluding steroid dienone is 2. The third kappa shape index (κ3) is 1.93. The molecular formula is C16H14O8. The van der Waals surface area contributed by atoms with Gasteiger partial charge in [-0.25, -0.2) is 4.79 Å². The number of ketones is 2. The Morgan fingerprint density at radius 3 is 2.29 bits per heavy atom. The minimum atomic E-state index is -0.914. The fourth-order valence-corrected chi connectivity index (χ4v) is 3.05. The van der Waals surface area contributed by atoms with E-state index in [1.807, 2.05) is 0 Å². The number of fused-ring (bicyclic) bond motifs is 2. The molecule has 0 spiro atoms. The van der Waals surface area contributed by atoms with Crippen molar-refractivity contribution in [3.8, 4) is 11.5 Å². The van der Waals surface area contributed by atoms with E-state index in [1.165, 1.54) is 14.2 Å². The van der Waals surface area contributed by atoms with Gasteiger partial charge < -0.3 is 24.4 Å². The Bertz CT molecular complexity index is 820. The molecule has 8 heteroatoms. The number of hydrogen-bond donors (Lipinski definition) is 2. The summed E-state index contributed by atoms with van der Waals surface area (Å²) in [4.78, 5) is 36.8. The molecule has 2 aliphatic rings. The maximum absolute atomic E-state index is 12.4. The zero-order valence-corrected chi connectivity index (χ0v) is 13.1. The lowest BCUT2D eigenvalue weighted by Gasteiger charge is -2.32. The Labute approximate surface area is 136 Å². The third-order valence-electron chi connectivity index (χ3n) is 4.13. The molecule has 0 radical (unpaired) electrons. The van der Waals surface area contributed by atoms with Crippen molar-refractivity contribution >= 4 is 17.5 Å². The van der Waals surface area contributed by atoms with E-state index in [9.17, 15) is 24.6 Å². The molecule has 0 saturated carbocycles. The molecule has 8 nitrogen and oxygen atoms in total. The number of carbonyl (C=O) groups excluding carboxylic acids is 3. The normalized spacial score (nSPS) is 22.5. The van der Waals surface area contributed by atoms with Crippen LogP contribution in [0.25, 0.3) is 0 Å². The molecule has 1 aliphatic heterocycles. The maximum Gasteiger partial charge on any atom is 0.342 e. The Morgan fingerprint density at radius 2 is 1.71 bits per heavy atom. The minimum absolute atomic E-state index is 0.0870. The van der Waals surface area contributed by atoms with Crippen LogP contribution in [-0.4, -0.2) is 48.1 Å². The highest BCUT2D eigenvalue weighted by molar-refractivity contribution is 6.27. The predicted molar refractivity (Wildman–Crippen MR) is 78.2 cm³/mol. The average molecular weight is 334 g/mol. The fourth-order valence-electron chi connectivity index (χ4n) is 3.05. The van der Waals surface area contributed by atoms with Gasteiger partial charge in [-0.05, 0) is 6.92 Å². The molecule has 1 aromatic rings. The number of phenols is 2. The first-order valence-corrected chi connectivity index (χ1v) is 7.03. The first-order valence-electron chi connectivity index (χ1n) is 7.03. The Kier molecular flexibility index (Phi) is 3.56. The molecule has 0 bridgehead atoms. The van der Waals surface area contributed by atoms with E-state index in [1.54, 1.807) is 6.92 Å². The SMILES string of the molecule is COC1=CC(=O)c2c(O)c3c(c(O)c2C1=O)[C@@H](OC)[C@H](C)OC3=O. The molecule has 126 valence electrons. The number of phenolic OH excluding ortho intramolecular Hbond substituents is 2. The summed E-state index contributed by atoms with van der Waals surface area (Å²) in [7, 11) is 2.53. The highest BCUT2D eigenvalue weighted by atomic mass is 16.6. The number of aromatic hydroxyl groups is 2. The summed E-state index contributed by atoms with van der Waals surface area (Å²) in [5.74, 6) is -4.05. The smallest absolute Gasteiger partial charge is 0.342 e. The van der Waals surface area contributed by atoms with Gasteiger partial charge in [0.1, 0.15) is 29.3 Å². The molecule has 2 N–H and O–H groups in total. The second kappa shape index (κ2) is 5.34. The van der Waals surface area contributed by atoms with Crippen LogP contribution in [-0.2, 0) is 14.2 Å². The number of ether oxygens (including phenoxy) is 3. The molecule has 1 heterocycles. The van der Waals surface area contributed by atoms with Crippen molar-refractivity contribution in [2.24, 2.45) is 0 Å². The van der Waals surface area contributed by atoms with Crippen molar-refractivity contribution in [2.45, 2.75) is 19.1 Å². The van der Waals surface area contributed by atoms with E-state index in [4.69, 9.17) is 14.2 Å². The van der Waals surface area contributed by atoms with Gasteiger partial charge in [-0.15, -0.1) is 0 Å². The molecule has 0 amide bonds. The second-order valence-corrected chi connectivity index (χ2v) is 5.41. The van der Waals surface area contributed by atoms with Crippen LogP contribution in [0.1, 0.15) is 49.7 Å². The van der Waals surface area contributed by atoms with Crippen molar-refractivity contribution in [3.05, 3.63) is 34.1 Å². The highest BCUT2D eigenvalue weighted by Gasteiger charge is 2.44. The molecule has 0 saturated heterocycles. The number of carbonyl (C=O) groups is 3. The summed E-state index contributed by atoms with van der Waals surface area (Å²) in [5, 5.41) is 21.0. The van der Waals surface area contributed by atoms with E-state index >= 15 is 0 Å². The number of Topliss-reactive ketones (excluding diaryl/α,β-unsaturated/α-hetero) is 1. The van der Waals surface area contributed by atoms with Crippen LogP contribution < -0.4 is 0 Å². The first-order chi connectivity index (χ1) is 11.3. The van der Waals surface area contributed by atoms with Gasteiger partial charge in [0.05, 0.1) is 18.2 Å². The summed E-state index contributed by atoms with van der Waals surface area (Å²) in [6.07, 6.45) is -0.778. The monoisotopic (exact) mass is 334 g/mol. The summed E-state index contributed by atoms with van der Waals surface area (Å²) < 4.78 is 15.1. The van der Waals surface area contributed by atoms with E-state index in [0.717, 1.165) is 6.08 Å². The van der Waals surface area contributed by atoms with Crippen LogP contribution in [0, 0.1) is 0 Å². The topological polar surface area (TPSA) is 119 Å². The number of benzene rings is 1. The second-order valence-electron chi connectivity index (χ2n) is 5.41. The van der Waals surface area contributed by atoms with Gasteiger partial charge in [0.15, 0.2) is 11.5 Å². The molecular weight excluding hydrogens is 320 g/mol. The van der Waals surface area contributed by atoms with E-state index in [-0.39, 0.29) is 16.9 Å². The quantitative estimate of drug-likeness (QED) is 0.612. The summed E-state index contributed by atoms with van der Waals surface area (Å²) in [6.45, 7) is 1.54. The van der Waals surface area contributed by atoms with Crippen LogP contribution in [0.2, 0.25) is 0 Å². The average Bonchev–Trinajstić information content (AvgIpc) is 2.53. The molecule has 24 heavy (non-hydrogen) atoms. The van der Waals surface area contributed by atoms with Crippen molar-refractivity contribution in [3.63, 3.8) is 0 Å². The largest absolute Gasteiger partial charge is 0.507 e. The molecule has 3 rings (SSSR count). The first kappa shape index (κ1) is 16.0.